The van der Waals surface area contributed by atoms with Crippen molar-refractivity contribution in [1.29, 1.82) is 0 Å². The number of rotatable bonds is 8. The van der Waals surface area contributed by atoms with Crippen molar-refractivity contribution >= 4 is 39.1 Å². The molecule has 2 aromatic carbocycles. The molecule has 0 radical (unpaired) electrons. The zero-order chi connectivity index (χ0) is 19.1. The summed E-state index contributed by atoms with van der Waals surface area (Å²) in [5, 5.41) is 3.47. The summed E-state index contributed by atoms with van der Waals surface area (Å²) in [6.45, 7) is 4.46. The molecule has 0 unspecified atom stereocenters. The number of carbonyl (C=O) groups is 1. The molecule has 0 heterocycles. The van der Waals surface area contributed by atoms with Gasteiger partial charge in [-0.25, -0.2) is 0 Å². The third-order valence-electron chi connectivity index (χ3n) is 3.97. The molecule has 0 spiro atoms. The lowest BCUT2D eigenvalue weighted by molar-refractivity contribution is -0.116. The van der Waals surface area contributed by atoms with Gasteiger partial charge in [-0.3, -0.25) is 4.79 Å². The predicted octanol–water partition coefficient (Wildman–Crippen LogP) is 5.78. The summed E-state index contributed by atoms with van der Waals surface area (Å²) in [6, 6.07) is 9.55. The summed E-state index contributed by atoms with van der Waals surface area (Å²) < 4.78 is 11.9. The van der Waals surface area contributed by atoms with Gasteiger partial charge in [0.25, 0.3) is 0 Å². The van der Waals surface area contributed by atoms with Crippen LogP contribution in [0.25, 0.3) is 0 Å². The first kappa shape index (κ1) is 20.6. The highest BCUT2D eigenvalue weighted by Gasteiger charge is 2.10. The average Bonchev–Trinajstić information content (AvgIpc) is 2.62. The summed E-state index contributed by atoms with van der Waals surface area (Å²) in [5.41, 5.74) is 2.75. The van der Waals surface area contributed by atoms with Crippen molar-refractivity contribution < 1.29 is 14.3 Å². The van der Waals surface area contributed by atoms with Gasteiger partial charge in [0.15, 0.2) is 0 Å². The van der Waals surface area contributed by atoms with E-state index in [1.54, 1.807) is 13.2 Å². The number of halogens is 2. The first-order valence-electron chi connectivity index (χ1n) is 8.49. The second kappa shape index (κ2) is 9.83. The molecule has 2 aromatic rings. The fraction of sp³-hybridized carbons (Fsp3) is 0.350. The monoisotopic (exact) mass is 439 g/mol. The Morgan fingerprint density at radius 2 is 2.00 bits per heavy atom. The molecular weight excluding hydrogens is 418 g/mol. The fourth-order valence-corrected chi connectivity index (χ4v) is 3.13. The maximum absolute atomic E-state index is 12.2. The second-order valence-electron chi connectivity index (χ2n) is 5.92. The maximum atomic E-state index is 12.2. The Hall–Kier alpha value is -1.72. The van der Waals surface area contributed by atoms with Gasteiger partial charge in [-0.15, -0.1) is 0 Å². The molecular formula is C20H23BrClNO3. The molecule has 0 aliphatic carbocycles. The van der Waals surface area contributed by atoms with Crippen LogP contribution < -0.4 is 14.8 Å². The number of hydrogen-bond acceptors (Lipinski definition) is 3. The highest BCUT2D eigenvalue weighted by Crippen LogP contribution is 2.31. The Balaban J connectivity index is 1.83. The van der Waals surface area contributed by atoms with Crippen LogP contribution in [0.3, 0.4) is 0 Å². The van der Waals surface area contributed by atoms with Crippen LogP contribution in [-0.2, 0) is 11.2 Å². The first-order valence-corrected chi connectivity index (χ1v) is 9.67. The van der Waals surface area contributed by atoms with E-state index < -0.39 is 0 Å². The number of hydrogen-bond donors (Lipinski definition) is 1. The molecule has 1 N–H and O–H groups in total. The second-order valence-corrected chi connectivity index (χ2v) is 7.18. The molecule has 0 aliphatic heterocycles. The average molecular weight is 441 g/mol. The van der Waals surface area contributed by atoms with Crippen LogP contribution in [0.4, 0.5) is 5.69 Å². The van der Waals surface area contributed by atoms with Crippen LogP contribution in [0.1, 0.15) is 30.9 Å². The Labute approximate surface area is 168 Å². The number of ether oxygens (including phenoxy) is 2. The van der Waals surface area contributed by atoms with Crippen molar-refractivity contribution in [3.8, 4) is 11.5 Å². The van der Waals surface area contributed by atoms with E-state index in [0.29, 0.717) is 35.9 Å². The summed E-state index contributed by atoms with van der Waals surface area (Å²) in [5.74, 6) is 1.25. The minimum Gasteiger partial charge on any atom is -0.495 e. The van der Waals surface area contributed by atoms with Gasteiger partial charge >= 0.3 is 0 Å². The Morgan fingerprint density at radius 1 is 1.23 bits per heavy atom. The molecule has 0 aliphatic rings. The van der Waals surface area contributed by atoms with E-state index in [9.17, 15) is 4.79 Å². The van der Waals surface area contributed by atoms with Crippen molar-refractivity contribution in [1.82, 2.24) is 0 Å². The van der Waals surface area contributed by atoms with Crippen molar-refractivity contribution in [2.45, 2.75) is 33.1 Å². The lowest BCUT2D eigenvalue weighted by Gasteiger charge is -2.13. The molecule has 0 aromatic heterocycles. The standard InChI is InChI=1S/C20H23BrClNO3/c1-4-14-7-8-18(15(21)11-14)26-9-5-6-20(24)23-17-10-13(2)16(22)12-19(17)25-3/h7-8,10-12H,4-6,9H2,1-3H3,(H,23,24). The van der Waals surface area contributed by atoms with Gasteiger partial charge in [0.1, 0.15) is 11.5 Å². The molecule has 1 amide bonds. The van der Waals surface area contributed by atoms with E-state index in [0.717, 1.165) is 22.2 Å². The van der Waals surface area contributed by atoms with E-state index in [-0.39, 0.29) is 5.91 Å². The summed E-state index contributed by atoms with van der Waals surface area (Å²) in [4.78, 5) is 12.2. The van der Waals surface area contributed by atoms with E-state index in [4.69, 9.17) is 21.1 Å². The number of anilines is 1. The molecule has 0 saturated carbocycles. The lowest BCUT2D eigenvalue weighted by atomic mass is 10.2. The third-order valence-corrected chi connectivity index (χ3v) is 4.99. The van der Waals surface area contributed by atoms with Gasteiger partial charge in [-0.1, -0.05) is 24.6 Å². The summed E-state index contributed by atoms with van der Waals surface area (Å²) in [7, 11) is 1.55. The van der Waals surface area contributed by atoms with Crippen LogP contribution >= 0.6 is 27.5 Å². The van der Waals surface area contributed by atoms with Crippen molar-refractivity contribution in [2.75, 3.05) is 19.0 Å². The van der Waals surface area contributed by atoms with Crippen molar-refractivity contribution in [3.63, 3.8) is 0 Å². The van der Waals surface area contributed by atoms with Crippen LogP contribution in [-0.4, -0.2) is 19.6 Å². The van der Waals surface area contributed by atoms with Crippen LogP contribution in [0, 0.1) is 6.92 Å². The van der Waals surface area contributed by atoms with E-state index in [2.05, 4.69) is 34.2 Å². The van der Waals surface area contributed by atoms with E-state index >= 15 is 0 Å². The molecule has 0 atom stereocenters. The zero-order valence-electron chi connectivity index (χ0n) is 15.2. The topological polar surface area (TPSA) is 47.6 Å². The Kier molecular flexibility index (Phi) is 7.79. The molecule has 6 heteroatoms. The minimum absolute atomic E-state index is 0.0889. The van der Waals surface area contributed by atoms with Gasteiger partial charge < -0.3 is 14.8 Å². The van der Waals surface area contributed by atoms with Crippen LogP contribution in [0.15, 0.2) is 34.8 Å². The molecule has 0 fully saturated rings. The van der Waals surface area contributed by atoms with E-state index in [1.807, 2.05) is 25.1 Å². The molecule has 2 rings (SSSR count). The Bertz CT molecular complexity index is 780. The maximum Gasteiger partial charge on any atom is 0.224 e. The smallest absolute Gasteiger partial charge is 0.224 e. The summed E-state index contributed by atoms with van der Waals surface area (Å²) in [6.07, 6.45) is 1.95. The lowest BCUT2D eigenvalue weighted by Crippen LogP contribution is -2.13. The van der Waals surface area contributed by atoms with Gasteiger partial charge in [0.2, 0.25) is 5.91 Å². The number of benzene rings is 2. The highest BCUT2D eigenvalue weighted by molar-refractivity contribution is 9.10. The predicted molar refractivity (Wildman–Crippen MR) is 110 cm³/mol. The normalized spacial score (nSPS) is 10.5. The number of carbonyl (C=O) groups excluding carboxylic acids is 1. The fourth-order valence-electron chi connectivity index (χ4n) is 2.44. The quantitative estimate of drug-likeness (QED) is 0.529. The van der Waals surface area contributed by atoms with Gasteiger partial charge in [0, 0.05) is 17.5 Å². The van der Waals surface area contributed by atoms with Gasteiger partial charge in [0.05, 0.1) is 23.9 Å². The molecule has 140 valence electrons. The van der Waals surface area contributed by atoms with Gasteiger partial charge in [-0.05, 0) is 65.0 Å². The number of methoxy groups -OCH3 is 1. The van der Waals surface area contributed by atoms with Crippen LogP contribution in [0.2, 0.25) is 5.02 Å². The Morgan fingerprint density at radius 3 is 2.65 bits per heavy atom. The van der Waals surface area contributed by atoms with E-state index in [1.165, 1.54) is 5.56 Å². The summed E-state index contributed by atoms with van der Waals surface area (Å²) >= 11 is 9.59. The van der Waals surface area contributed by atoms with Crippen LogP contribution in [0.5, 0.6) is 11.5 Å². The first-order chi connectivity index (χ1) is 12.4. The molecule has 0 saturated heterocycles. The number of nitrogens with one attached hydrogen (secondary N) is 1. The molecule has 0 bridgehead atoms. The minimum atomic E-state index is -0.0889. The molecule has 4 nitrogen and oxygen atoms in total. The largest absolute Gasteiger partial charge is 0.495 e. The van der Waals surface area contributed by atoms with Gasteiger partial charge in [-0.2, -0.15) is 0 Å². The number of aryl methyl sites for hydroxylation is 2. The number of amides is 1. The van der Waals surface area contributed by atoms with Crippen molar-refractivity contribution in [2.24, 2.45) is 0 Å². The highest BCUT2D eigenvalue weighted by atomic mass is 79.9. The molecule has 26 heavy (non-hydrogen) atoms. The third kappa shape index (κ3) is 5.64. The zero-order valence-corrected chi connectivity index (χ0v) is 17.5. The van der Waals surface area contributed by atoms with Crippen molar-refractivity contribution in [3.05, 3.63) is 51.0 Å². The SMILES string of the molecule is CCc1ccc(OCCCC(=O)Nc2cc(C)c(Cl)cc2OC)c(Br)c1.